The van der Waals surface area contributed by atoms with Gasteiger partial charge in [-0.15, -0.1) is 0 Å². The van der Waals surface area contributed by atoms with Crippen molar-refractivity contribution < 1.29 is 23.6 Å². The lowest BCUT2D eigenvalue weighted by molar-refractivity contribution is 0.0187. The van der Waals surface area contributed by atoms with E-state index in [1.807, 2.05) is 45.0 Å². The van der Waals surface area contributed by atoms with E-state index in [2.05, 4.69) is 13.8 Å². The number of benzene rings is 1. The summed E-state index contributed by atoms with van der Waals surface area (Å²) >= 11 is 0. The molecule has 0 aromatic heterocycles. The molecule has 1 amide bonds. The molecule has 3 rings (SSSR count). The Morgan fingerprint density at radius 1 is 1.21 bits per heavy atom. The van der Waals surface area contributed by atoms with Gasteiger partial charge >= 0.3 is 13.2 Å². The molecule has 0 saturated carbocycles. The molecule has 7 heteroatoms. The summed E-state index contributed by atoms with van der Waals surface area (Å²) in [5, 5.41) is 0. The molecular formula is C21H32BNO5. The maximum Gasteiger partial charge on any atom is 0.493 e. The van der Waals surface area contributed by atoms with Crippen LogP contribution in [-0.4, -0.2) is 56.1 Å². The third-order valence-corrected chi connectivity index (χ3v) is 4.85. The van der Waals surface area contributed by atoms with E-state index in [1.165, 1.54) is 0 Å². The van der Waals surface area contributed by atoms with Gasteiger partial charge in [-0.2, -0.15) is 0 Å². The first-order valence-corrected chi connectivity index (χ1v) is 10.1. The molecule has 2 saturated heterocycles. The average Bonchev–Trinajstić information content (AvgIpc) is 3.08. The van der Waals surface area contributed by atoms with Crippen LogP contribution in [-0.2, 0) is 14.0 Å². The summed E-state index contributed by atoms with van der Waals surface area (Å²) in [7, 11) is -0.320. The zero-order valence-electron chi connectivity index (χ0n) is 17.7. The molecule has 1 unspecified atom stereocenters. The van der Waals surface area contributed by atoms with Crippen LogP contribution in [0.2, 0.25) is 0 Å². The second-order valence-corrected chi connectivity index (χ2v) is 9.47. The smallest absolute Gasteiger partial charge is 0.491 e. The molecule has 2 aliphatic rings. The van der Waals surface area contributed by atoms with Crippen molar-refractivity contribution in [2.24, 2.45) is 5.41 Å². The number of amides is 1. The predicted molar refractivity (Wildman–Crippen MR) is 109 cm³/mol. The highest BCUT2D eigenvalue weighted by molar-refractivity contribution is 6.61. The van der Waals surface area contributed by atoms with E-state index in [4.69, 9.17) is 18.8 Å². The van der Waals surface area contributed by atoms with Crippen molar-refractivity contribution in [3.63, 3.8) is 0 Å². The summed E-state index contributed by atoms with van der Waals surface area (Å²) in [5.74, 6) is 0.774. The number of nitrogens with zero attached hydrogens (tertiary/aromatic N) is 1. The summed E-state index contributed by atoms with van der Waals surface area (Å²) in [6.07, 6.45) is 1.64. The normalized spacial score (nSPS) is 22.2. The molecule has 2 heterocycles. The molecule has 154 valence electrons. The van der Waals surface area contributed by atoms with Crippen molar-refractivity contribution in [1.29, 1.82) is 0 Å². The fourth-order valence-electron chi connectivity index (χ4n) is 3.37. The zero-order valence-corrected chi connectivity index (χ0v) is 17.7. The molecule has 0 radical (unpaired) electrons. The molecule has 0 bridgehead atoms. The number of hydrogen-bond acceptors (Lipinski definition) is 5. The van der Waals surface area contributed by atoms with Gasteiger partial charge in [-0.3, -0.25) is 0 Å². The lowest BCUT2D eigenvalue weighted by atomic mass is 9.76. The Bertz CT molecular complexity index is 660. The molecule has 1 atom stereocenters. The SMILES string of the molecule is CC1(C)COB(c2ccc(OCC3CCCN3C(=O)OC(C)(C)C)cc2)OC1. The number of hydrogen-bond donors (Lipinski definition) is 0. The van der Waals surface area contributed by atoms with Crippen molar-refractivity contribution in [3.05, 3.63) is 24.3 Å². The van der Waals surface area contributed by atoms with Crippen molar-refractivity contribution in [3.8, 4) is 5.75 Å². The second-order valence-electron chi connectivity index (χ2n) is 9.47. The van der Waals surface area contributed by atoms with Gasteiger partial charge in [0.25, 0.3) is 0 Å². The van der Waals surface area contributed by atoms with Crippen LogP contribution in [0.15, 0.2) is 24.3 Å². The van der Waals surface area contributed by atoms with E-state index in [0.29, 0.717) is 26.4 Å². The lowest BCUT2D eigenvalue weighted by Crippen LogP contribution is -2.47. The van der Waals surface area contributed by atoms with Gasteiger partial charge in [-0.1, -0.05) is 26.0 Å². The van der Waals surface area contributed by atoms with E-state index < -0.39 is 5.60 Å². The van der Waals surface area contributed by atoms with Gasteiger partial charge in [0.15, 0.2) is 0 Å². The Morgan fingerprint density at radius 3 is 2.46 bits per heavy atom. The Kier molecular flexibility index (Phi) is 6.25. The van der Waals surface area contributed by atoms with E-state index in [1.54, 1.807) is 4.90 Å². The van der Waals surface area contributed by atoms with Crippen LogP contribution in [0.4, 0.5) is 4.79 Å². The first kappa shape index (κ1) is 21.0. The van der Waals surface area contributed by atoms with Crippen LogP contribution >= 0.6 is 0 Å². The second kappa shape index (κ2) is 8.33. The van der Waals surface area contributed by atoms with Gasteiger partial charge in [-0.05, 0) is 51.2 Å². The molecule has 0 spiro atoms. The minimum Gasteiger partial charge on any atom is -0.491 e. The van der Waals surface area contributed by atoms with Gasteiger partial charge in [0.05, 0.1) is 6.04 Å². The number of carbonyl (C=O) groups excluding carboxylic acids is 1. The molecule has 28 heavy (non-hydrogen) atoms. The molecular weight excluding hydrogens is 357 g/mol. The minimum absolute atomic E-state index is 0.0433. The highest BCUT2D eigenvalue weighted by atomic mass is 16.6. The molecule has 1 aromatic carbocycles. The minimum atomic E-state index is -0.487. The van der Waals surface area contributed by atoms with Crippen LogP contribution in [0.25, 0.3) is 0 Å². The van der Waals surface area contributed by atoms with Crippen LogP contribution in [0.3, 0.4) is 0 Å². The van der Waals surface area contributed by atoms with Crippen molar-refractivity contribution in [1.82, 2.24) is 4.90 Å². The summed E-state index contributed by atoms with van der Waals surface area (Å²) < 4.78 is 23.1. The fraction of sp³-hybridized carbons (Fsp3) is 0.667. The van der Waals surface area contributed by atoms with Crippen molar-refractivity contribution >= 4 is 18.7 Å². The average molecular weight is 389 g/mol. The highest BCUT2D eigenvalue weighted by Gasteiger charge is 2.34. The van der Waals surface area contributed by atoms with Gasteiger partial charge in [0.1, 0.15) is 18.0 Å². The van der Waals surface area contributed by atoms with Crippen LogP contribution in [0.5, 0.6) is 5.75 Å². The lowest BCUT2D eigenvalue weighted by Gasteiger charge is -2.33. The highest BCUT2D eigenvalue weighted by Crippen LogP contribution is 2.23. The van der Waals surface area contributed by atoms with E-state index in [-0.39, 0.29) is 24.7 Å². The number of carbonyl (C=O) groups is 1. The third-order valence-electron chi connectivity index (χ3n) is 4.85. The molecule has 0 N–H and O–H groups in total. The summed E-state index contributed by atoms with van der Waals surface area (Å²) in [6, 6.07) is 7.84. The van der Waals surface area contributed by atoms with Crippen LogP contribution in [0.1, 0.15) is 47.5 Å². The van der Waals surface area contributed by atoms with Gasteiger partial charge < -0.3 is 23.7 Å². The molecule has 6 nitrogen and oxygen atoms in total. The Balaban J connectivity index is 1.51. The van der Waals surface area contributed by atoms with Crippen LogP contribution in [0, 0.1) is 5.41 Å². The Labute approximate surface area is 168 Å². The Hall–Kier alpha value is -1.73. The summed E-state index contributed by atoms with van der Waals surface area (Å²) in [4.78, 5) is 14.2. The monoisotopic (exact) mass is 389 g/mol. The zero-order chi connectivity index (χ0) is 20.4. The van der Waals surface area contributed by atoms with Crippen molar-refractivity contribution in [2.75, 3.05) is 26.4 Å². The first-order chi connectivity index (χ1) is 13.1. The molecule has 1 aromatic rings. The van der Waals surface area contributed by atoms with Crippen LogP contribution < -0.4 is 10.2 Å². The molecule has 2 fully saturated rings. The standard InChI is InChI=1S/C21H32BNO5/c1-20(2,3)28-19(24)23-12-6-7-17(23)13-25-18-10-8-16(9-11-18)22-26-14-21(4,5)15-27-22/h8-11,17H,6-7,12-15H2,1-5H3. The summed E-state index contributed by atoms with van der Waals surface area (Å²) in [5.41, 5.74) is 0.555. The number of likely N-dealkylation sites (tertiary alicyclic amines) is 1. The maximum atomic E-state index is 12.4. The predicted octanol–water partition coefficient (Wildman–Crippen LogP) is 3.23. The molecule has 0 aliphatic carbocycles. The summed E-state index contributed by atoms with van der Waals surface area (Å²) in [6.45, 7) is 12.4. The van der Waals surface area contributed by atoms with Gasteiger partial charge in [0.2, 0.25) is 0 Å². The third kappa shape index (κ3) is 5.64. The van der Waals surface area contributed by atoms with E-state index in [0.717, 1.165) is 24.1 Å². The fourth-order valence-corrected chi connectivity index (χ4v) is 3.37. The Morgan fingerprint density at radius 2 is 1.86 bits per heavy atom. The van der Waals surface area contributed by atoms with E-state index in [9.17, 15) is 4.79 Å². The molecule has 2 aliphatic heterocycles. The maximum absolute atomic E-state index is 12.4. The van der Waals surface area contributed by atoms with Gasteiger partial charge in [-0.25, -0.2) is 4.79 Å². The largest absolute Gasteiger partial charge is 0.493 e. The number of rotatable bonds is 4. The van der Waals surface area contributed by atoms with Gasteiger partial charge in [0, 0.05) is 25.2 Å². The van der Waals surface area contributed by atoms with Crippen molar-refractivity contribution in [2.45, 2.75) is 59.1 Å². The quantitative estimate of drug-likeness (QED) is 0.740. The number of ether oxygens (including phenoxy) is 2. The van der Waals surface area contributed by atoms with E-state index >= 15 is 0 Å². The first-order valence-electron chi connectivity index (χ1n) is 10.1. The topological polar surface area (TPSA) is 57.2 Å².